The minimum Gasteiger partial charge on any atom is -0.486 e. The monoisotopic (exact) mass is 437 g/mol. The average Bonchev–Trinajstić information content (AvgIpc) is 3.44. The Bertz CT molecular complexity index is 1070. The Labute approximate surface area is 186 Å². The molecule has 5 rings (SSSR count). The van der Waals surface area contributed by atoms with Crippen molar-refractivity contribution in [2.24, 2.45) is 0 Å². The first-order valence-corrected chi connectivity index (χ1v) is 11.7. The Hall–Kier alpha value is -2.64. The van der Waals surface area contributed by atoms with E-state index in [4.69, 9.17) is 14.5 Å². The van der Waals surface area contributed by atoms with Crippen molar-refractivity contribution in [2.45, 2.75) is 31.8 Å². The highest BCUT2D eigenvalue weighted by atomic mass is 32.1. The number of carbonyl (C=O) groups excluding carboxylic acids is 1. The van der Waals surface area contributed by atoms with Gasteiger partial charge in [0, 0.05) is 13.1 Å². The molecule has 2 aliphatic heterocycles. The molecule has 1 amide bonds. The molecule has 6 nitrogen and oxygen atoms in total. The molecular formula is C24H27N3O3S. The minimum absolute atomic E-state index is 0.0553. The number of likely N-dealkylation sites (tertiary alicyclic amines) is 1. The van der Waals surface area contributed by atoms with Crippen molar-refractivity contribution in [1.82, 2.24) is 14.8 Å². The Morgan fingerprint density at radius 3 is 2.87 bits per heavy atom. The molecule has 0 spiro atoms. The number of hydrogen-bond acceptors (Lipinski definition) is 6. The number of benzene rings is 2. The minimum atomic E-state index is -0.0553. The molecule has 0 saturated carbocycles. The predicted molar refractivity (Wildman–Crippen MR) is 122 cm³/mol. The van der Waals surface area contributed by atoms with Gasteiger partial charge in [0.1, 0.15) is 18.2 Å². The highest BCUT2D eigenvalue weighted by Crippen LogP contribution is 2.38. The molecule has 3 heterocycles. The standard InChI is InChI=1S/C24H27N3O3S/c1-16(24-25-18-6-3-4-8-22(18)31-24)26(2)23(28)15-27-11-5-7-19(27)17-9-10-20-21(14-17)30-13-12-29-20/h3-4,6,8-10,14,16,19H,5,7,11-13,15H2,1-2H3/t16-,19+/m0/s1. The van der Waals surface area contributed by atoms with E-state index in [0.717, 1.165) is 46.1 Å². The predicted octanol–water partition coefficient (Wildman–Crippen LogP) is 4.42. The number of thiazole rings is 1. The topological polar surface area (TPSA) is 54.9 Å². The van der Waals surface area contributed by atoms with E-state index in [1.165, 1.54) is 5.56 Å². The van der Waals surface area contributed by atoms with Gasteiger partial charge in [0.05, 0.1) is 22.8 Å². The SMILES string of the molecule is C[C@@H](c1nc2ccccc2s1)N(C)C(=O)CN1CCC[C@@H]1c1ccc2c(c1)OCCO2. The molecule has 1 saturated heterocycles. The Kier molecular flexibility index (Phi) is 5.54. The van der Waals surface area contributed by atoms with Crippen LogP contribution in [-0.2, 0) is 4.79 Å². The molecule has 0 unspecified atom stereocenters. The maximum atomic E-state index is 13.2. The number of likely N-dealkylation sites (N-methyl/N-ethyl adjacent to an activating group) is 1. The zero-order chi connectivity index (χ0) is 21.4. The van der Waals surface area contributed by atoms with E-state index in [2.05, 4.69) is 30.0 Å². The number of aromatic nitrogens is 1. The molecule has 7 heteroatoms. The first-order valence-electron chi connectivity index (χ1n) is 10.8. The van der Waals surface area contributed by atoms with Crippen molar-refractivity contribution in [1.29, 1.82) is 0 Å². The lowest BCUT2D eigenvalue weighted by Gasteiger charge is -2.29. The number of fused-ring (bicyclic) bond motifs is 2. The van der Waals surface area contributed by atoms with Gasteiger partial charge in [-0.15, -0.1) is 11.3 Å². The number of amides is 1. The first kappa shape index (κ1) is 20.3. The molecule has 2 aliphatic rings. The van der Waals surface area contributed by atoms with Crippen molar-refractivity contribution in [3.8, 4) is 11.5 Å². The van der Waals surface area contributed by atoms with Gasteiger partial charge >= 0.3 is 0 Å². The van der Waals surface area contributed by atoms with Crippen LogP contribution in [0.2, 0.25) is 0 Å². The molecule has 1 fully saturated rings. The van der Waals surface area contributed by atoms with E-state index in [0.29, 0.717) is 19.8 Å². The zero-order valence-electron chi connectivity index (χ0n) is 17.9. The van der Waals surface area contributed by atoms with Gasteiger partial charge in [-0.25, -0.2) is 4.98 Å². The number of nitrogens with zero attached hydrogens (tertiary/aromatic N) is 3. The van der Waals surface area contributed by atoms with Gasteiger partial charge in [-0.1, -0.05) is 18.2 Å². The molecule has 0 N–H and O–H groups in total. The highest BCUT2D eigenvalue weighted by Gasteiger charge is 2.31. The third-order valence-electron chi connectivity index (χ3n) is 6.30. The van der Waals surface area contributed by atoms with Gasteiger partial charge < -0.3 is 14.4 Å². The normalized spacial score (nSPS) is 19.5. The summed E-state index contributed by atoms with van der Waals surface area (Å²) in [6.07, 6.45) is 2.13. The maximum Gasteiger partial charge on any atom is 0.237 e. The van der Waals surface area contributed by atoms with Gasteiger partial charge in [-0.05, 0) is 56.1 Å². The Morgan fingerprint density at radius 1 is 1.23 bits per heavy atom. The summed E-state index contributed by atoms with van der Waals surface area (Å²) in [6.45, 7) is 4.56. The second-order valence-corrected chi connectivity index (χ2v) is 9.29. The molecule has 0 aliphatic carbocycles. The van der Waals surface area contributed by atoms with E-state index in [1.807, 2.05) is 36.2 Å². The summed E-state index contributed by atoms with van der Waals surface area (Å²) >= 11 is 1.66. The third kappa shape index (κ3) is 4.00. The van der Waals surface area contributed by atoms with E-state index in [-0.39, 0.29) is 18.0 Å². The zero-order valence-corrected chi connectivity index (χ0v) is 18.7. The number of carbonyl (C=O) groups is 1. The fraction of sp³-hybridized carbons (Fsp3) is 0.417. The summed E-state index contributed by atoms with van der Waals surface area (Å²) < 4.78 is 12.6. The van der Waals surface area contributed by atoms with E-state index in [9.17, 15) is 4.79 Å². The van der Waals surface area contributed by atoms with Crippen LogP contribution in [0.4, 0.5) is 0 Å². The van der Waals surface area contributed by atoms with E-state index in [1.54, 1.807) is 11.3 Å². The van der Waals surface area contributed by atoms with Crippen LogP contribution < -0.4 is 9.47 Å². The number of para-hydroxylation sites is 1. The van der Waals surface area contributed by atoms with Crippen LogP contribution in [0.3, 0.4) is 0 Å². The number of hydrogen-bond donors (Lipinski definition) is 0. The summed E-state index contributed by atoms with van der Waals surface area (Å²) in [5.74, 6) is 1.74. The van der Waals surface area contributed by atoms with Gasteiger partial charge in [-0.3, -0.25) is 9.69 Å². The smallest absolute Gasteiger partial charge is 0.237 e. The summed E-state index contributed by atoms with van der Waals surface area (Å²) in [4.78, 5) is 22.0. The molecule has 2 atom stereocenters. The molecule has 0 bridgehead atoms. The van der Waals surface area contributed by atoms with Gasteiger partial charge in [0.2, 0.25) is 5.91 Å². The summed E-state index contributed by atoms with van der Waals surface area (Å²) in [6, 6.07) is 14.5. The lowest BCUT2D eigenvalue weighted by molar-refractivity contribution is -0.133. The third-order valence-corrected chi connectivity index (χ3v) is 7.50. The fourth-order valence-corrected chi connectivity index (χ4v) is 5.46. The van der Waals surface area contributed by atoms with Crippen LogP contribution in [0.25, 0.3) is 10.2 Å². The lowest BCUT2D eigenvalue weighted by Crippen LogP contribution is -2.39. The van der Waals surface area contributed by atoms with E-state index >= 15 is 0 Å². The number of ether oxygens (including phenoxy) is 2. The van der Waals surface area contributed by atoms with Crippen molar-refractivity contribution in [2.75, 3.05) is 33.4 Å². The molecule has 1 aromatic heterocycles. The summed E-state index contributed by atoms with van der Waals surface area (Å²) in [7, 11) is 1.88. The molecule has 0 radical (unpaired) electrons. The molecule has 2 aromatic carbocycles. The summed E-state index contributed by atoms with van der Waals surface area (Å²) in [5, 5.41) is 0.974. The Morgan fingerprint density at radius 2 is 2.03 bits per heavy atom. The molecular weight excluding hydrogens is 410 g/mol. The van der Waals surface area contributed by atoms with Crippen LogP contribution >= 0.6 is 11.3 Å². The van der Waals surface area contributed by atoms with Crippen LogP contribution in [0.15, 0.2) is 42.5 Å². The lowest BCUT2D eigenvalue weighted by atomic mass is 10.0. The fourth-order valence-electron chi connectivity index (χ4n) is 4.40. The van der Waals surface area contributed by atoms with Crippen LogP contribution in [0, 0.1) is 0 Å². The number of rotatable bonds is 5. The second kappa shape index (κ2) is 8.48. The van der Waals surface area contributed by atoms with Crippen molar-refractivity contribution in [3.05, 3.63) is 53.0 Å². The second-order valence-electron chi connectivity index (χ2n) is 8.23. The van der Waals surface area contributed by atoms with Crippen molar-refractivity contribution in [3.63, 3.8) is 0 Å². The highest BCUT2D eigenvalue weighted by molar-refractivity contribution is 7.18. The van der Waals surface area contributed by atoms with Crippen molar-refractivity contribution < 1.29 is 14.3 Å². The first-order chi connectivity index (χ1) is 15.1. The molecule has 162 valence electrons. The average molecular weight is 438 g/mol. The quantitative estimate of drug-likeness (QED) is 0.591. The van der Waals surface area contributed by atoms with Crippen molar-refractivity contribution >= 4 is 27.5 Å². The Balaban J connectivity index is 1.28. The van der Waals surface area contributed by atoms with Crippen LogP contribution in [0.1, 0.15) is 42.4 Å². The molecule has 31 heavy (non-hydrogen) atoms. The van der Waals surface area contributed by atoms with Gasteiger partial charge in [0.25, 0.3) is 0 Å². The largest absolute Gasteiger partial charge is 0.486 e. The van der Waals surface area contributed by atoms with Gasteiger partial charge in [0.15, 0.2) is 11.5 Å². The molecule has 3 aromatic rings. The summed E-state index contributed by atoms with van der Waals surface area (Å²) in [5.41, 5.74) is 2.19. The van der Waals surface area contributed by atoms with Crippen LogP contribution in [0.5, 0.6) is 11.5 Å². The van der Waals surface area contributed by atoms with Crippen LogP contribution in [-0.4, -0.2) is 54.0 Å². The maximum absolute atomic E-state index is 13.2. The van der Waals surface area contributed by atoms with E-state index < -0.39 is 0 Å². The van der Waals surface area contributed by atoms with Gasteiger partial charge in [-0.2, -0.15) is 0 Å².